The summed E-state index contributed by atoms with van der Waals surface area (Å²) in [5, 5.41) is 37.0. The molecule has 0 saturated carbocycles. The number of aryl methyl sites for hydroxylation is 2. The molecule has 2 aliphatic rings. The smallest absolute Gasteiger partial charge is 0.406 e. The molecule has 0 amide bonds. The van der Waals surface area contributed by atoms with E-state index in [-0.39, 0.29) is 992 Å². The van der Waals surface area contributed by atoms with Crippen LogP contribution in [0.1, 0.15) is 11.1 Å². The number of rotatable bonds is 4. The molecule has 0 unspecified atom stereocenters. The Hall–Kier alpha value is 23.7. The summed E-state index contributed by atoms with van der Waals surface area (Å²) in [6, 6.07) is 115. The van der Waals surface area contributed by atoms with Crippen molar-refractivity contribution in [3.8, 4) is 111 Å². The summed E-state index contributed by atoms with van der Waals surface area (Å²) in [7, 11) is -3.45. The second kappa shape index (κ2) is 103. The van der Waals surface area contributed by atoms with Crippen molar-refractivity contribution in [2.45, 2.75) is 13.8 Å². The molecule has 0 bridgehead atoms. The number of hydrogen-bond acceptors (Lipinski definition) is 4. The normalized spacial score (nSPS) is 7.91. The topological polar surface area (TPSA) is 80.9 Å². The maximum atomic E-state index is 9.25. The average Bonchev–Trinajstić information content (AvgIpc) is 0.758. The summed E-state index contributed by atoms with van der Waals surface area (Å²) in [5.74, 6) is 0. The number of hydrogen-bond donors (Lipinski definition) is 4. The van der Waals surface area contributed by atoms with Gasteiger partial charge in [0.2, 0.25) is 0 Å². The Balaban J connectivity index is -0.0000000507. The van der Waals surface area contributed by atoms with Crippen LogP contribution in [0.2, 0.25) is 0 Å². The van der Waals surface area contributed by atoms with Gasteiger partial charge in [-0.3, -0.25) is 59.7 Å². The van der Waals surface area contributed by atoms with Crippen LogP contribution in [0.3, 0.4) is 0 Å². The van der Waals surface area contributed by atoms with E-state index in [1.54, 1.807) is 0 Å². The van der Waals surface area contributed by atoms with E-state index >= 15 is 0 Å². The SMILES string of the molecule is Cc1ccc[c-]c1-c1ccccc1C.OB(O)c1[c-]cc[c-]c1-c1[c-]cc[c-]c1B(O)O.[Y].[Y].[Y].[Y].[Y].[Y].[Y].[Y].[Y].[Y].[Y].[Y].[Y].[Y].[Y].[Y].[Y].[Y].[Y].[Y].[Y].[Y].[Y].[Y].[Y].[Y].[Y].[Y].[Y].[Y].[c-]1cc[c-]c2c1-c1[c-]cc[c-]c1-c1[c-]cccc1-c1[c-]cc[c-]c1-2.[c-]1cc[c-]c2c1-c1[c-]cc[c-]c1-c1ccccc1-c1[c-]cccc1-2. The van der Waals surface area contributed by atoms with Crippen LogP contribution in [-0.4, -0.2) is 34.3 Å². The first-order chi connectivity index (χ1) is 39.3. The molecule has 474 valence electrons. The fourth-order valence-electron chi connectivity index (χ4n) is 9.93. The van der Waals surface area contributed by atoms with Gasteiger partial charge in [0.1, 0.15) is 0 Å². The van der Waals surface area contributed by atoms with E-state index in [4.69, 9.17) is 0 Å². The second-order valence-electron chi connectivity index (χ2n) is 18.4. The van der Waals surface area contributed by atoms with Crippen molar-refractivity contribution in [2.75, 3.05) is 0 Å². The minimum atomic E-state index is -1.73. The predicted octanol–water partition coefficient (Wildman–Crippen LogP) is 12.5. The van der Waals surface area contributed by atoms with Crippen molar-refractivity contribution in [2.24, 2.45) is 0 Å². The second-order valence-corrected chi connectivity index (χ2v) is 18.4. The summed E-state index contributed by atoms with van der Waals surface area (Å²) in [6.07, 6.45) is 0. The molecule has 30 radical (unpaired) electrons. The first kappa shape index (κ1) is 182. The van der Waals surface area contributed by atoms with Gasteiger partial charge < -0.3 is 20.1 Å². The van der Waals surface area contributed by atoms with Crippen LogP contribution >= 0.6 is 0 Å². The Bertz CT molecular complexity index is 3390. The molecular weight excluding hydrogens is 3640 g/mol. The summed E-state index contributed by atoms with van der Waals surface area (Å²) in [6.45, 7) is 4.26. The molecular formula is C74H41B2O4Y30-17. The molecule has 4 N–H and O–H groups in total. The predicted molar refractivity (Wildman–Crippen MR) is 317 cm³/mol. The standard InChI is InChI=1S/C24H11.C24H9.C14H13.C12H8B2O4.30Y/c2*1-2-10-18-17(9-1)19-11-3-4-13-21(19)23-15-7-8-16-24(23)22-14-6-5-12-20(18)22;1-11-7-3-5-9-13(11)14-10-6-4-8-12(14)2;15-13(16)11-7-3-1-5-9(11)10-6-2-4-8-12(10)14(17)18;;;;;;;;;;;;;;;;;;;;;;;;;;;;;;/h1-10,13H;1-9H;3-9H,1-2H3;1-4,15-18H;;;;;;;;;;;;;;;;;;;;;;;;;;;;;;/q-5;-7;-1;-4;;;;;;;;;;;;;;;;;;;;;;;;;;;;;;. The van der Waals surface area contributed by atoms with Crippen molar-refractivity contribution in [3.05, 3.63) is 302 Å². The molecule has 0 atom stereocenters. The van der Waals surface area contributed by atoms with E-state index in [2.05, 4.69) is 184 Å². The monoisotopic (exact) mass is 3680 g/mol. The van der Waals surface area contributed by atoms with Gasteiger partial charge in [0.05, 0.1) is 0 Å². The average molecular weight is 3680 g/mol. The van der Waals surface area contributed by atoms with Crippen LogP contribution in [0.15, 0.2) is 188 Å². The van der Waals surface area contributed by atoms with E-state index in [0.717, 1.165) is 89.0 Å². The minimum absolute atomic E-state index is 0. The molecule has 14 rings (SSSR count). The molecule has 0 fully saturated rings. The molecule has 4 nitrogen and oxygen atoms in total. The molecule has 0 heterocycles. The Morgan fingerprint density at radius 2 is 0.355 bits per heavy atom. The first-order valence-corrected chi connectivity index (χ1v) is 25.6. The third kappa shape index (κ3) is 54.2. The Morgan fingerprint density at radius 3 is 0.664 bits per heavy atom. The number of benzene rings is 12. The zero-order valence-corrected chi connectivity index (χ0v) is 146. The molecule has 0 aromatic heterocycles. The maximum Gasteiger partial charge on any atom is 0.406 e. The third-order valence-corrected chi connectivity index (χ3v) is 13.5. The van der Waals surface area contributed by atoms with Crippen LogP contribution in [0, 0.1) is 117 Å². The quantitative estimate of drug-likeness (QED) is 0.105. The van der Waals surface area contributed by atoms with Gasteiger partial charge in [-0.25, -0.2) is 199 Å². The molecule has 110 heavy (non-hydrogen) atoms. The van der Waals surface area contributed by atoms with Gasteiger partial charge in [0.25, 0.3) is 0 Å². The zero-order valence-electron chi connectivity index (χ0n) is 60.7. The maximum absolute atomic E-state index is 9.25. The molecule has 2 aliphatic carbocycles. The zero-order chi connectivity index (χ0) is 55.0. The van der Waals surface area contributed by atoms with Crippen LogP contribution < -0.4 is 10.9 Å². The summed E-state index contributed by atoms with van der Waals surface area (Å²) in [4.78, 5) is 0. The van der Waals surface area contributed by atoms with Gasteiger partial charge in [-0.2, -0.15) is 34.9 Å². The van der Waals surface area contributed by atoms with Crippen molar-refractivity contribution in [1.82, 2.24) is 0 Å². The van der Waals surface area contributed by atoms with E-state index in [9.17, 15) is 20.1 Å². The molecule has 0 saturated heterocycles. The van der Waals surface area contributed by atoms with E-state index in [0.29, 0.717) is 11.1 Å². The summed E-state index contributed by atoms with van der Waals surface area (Å²) >= 11 is 0. The van der Waals surface area contributed by atoms with Crippen molar-refractivity contribution in [1.29, 1.82) is 0 Å². The fourth-order valence-corrected chi connectivity index (χ4v) is 9.93. The van der Waals surface area contributed by atoms with Crippen molar-refractivity contribution in [3.63, 3.8) is 0 Å². The fraction of sp³-hybridized carbons (Fsp3) is 0.0270. The van der Waals surface area contributed by atoms with Gasteiger partial charge in [-0.1, -0.05) is 54.4 Å². The molecule has 12 aromatic carbocycles. The van der Waals surface area contributed by atoms with Crippen LogP contribution in [0.5, 0.6) is 0 Å². The molecule has 0 aliphatic heterocycles. The summed E-state index contributed by atoms with van der Waals surface area (Å²) < 4.78 is 0. The van der Waals surface area contributed by atoms with Crippen molar-refractivity contribution < 1.29 is 1000 Å². The van der Waals surface area contributed by atoms with Crippen LogP contribution in [-0.2, 0) is 981 Å². The third-order valence-electron chi connectivity index (χ3n) is 13.5. The van der Waals surface area contributed by atoms with Gasteiger partial charge >= 0.3 is 14.2 Å². The van der Waals surface area contributed by atoms with Crippen LogP contribution in [0.4, 0.5) is 0 Å². The molecule has 0 spiro atoms. The Labute approximate surface area is 1410 Å². The minimum Gasteiger partial charge on any atom is -0.433 e. The van der Waals surface area contributed by atoms with Crippen LogP contribution in [0.25, 0.3) is 111 Å². The van der Waals surface area contributed by atoms with Gasteiger partial charge in [-0.05, 0) is 6.92 Å². The van der Waals surface area contributed by atoms with Gasteiger partial charge in [0, 0.05) is 981 Å². The number of fused-ring (bicyclic) bond motifs is 16. The Morgan fingerprint density at radius 1 is 0.164 bits per heavy atom. The van der Waals surface area contributed by atoms with E-state index < -0.39 is 14.2 Å². The van der Waals surface area contributed by atoms with E-state index in [1.165, 1.54) is 46.5 Å². The largest absolute Gasteiger partial charge is 0.433 e. The van der Waals surface area contributed by atoms with Gasteiger partial charge in [0.15, 0.2) is 0 Å². The summed E-state index contributed by atoms with van der Waals surface area (Å²) in [5.41, 5.74) is 22.4. The van der Waals surface area contributed by atoms with Gasteiger partial charge in [-0.15, -0.1) is 83.4 Å². The molecule has 12 aromatic rings. The Kier molecular flexibility index (Phi) is 170. The first-order valence-electron chi connectivity index (χ1n) is 25.6. The van der Waals surface area contributed by atoms with E-state index in [1.807, 2.05) is 97.1 Å². The van der Waals surface area contributed by atoms with Crippen molar-refractivity contribution >= 4 is 25.2 Å². The molecule has 36 heteroatoms.